The molecule has 11 heteroatoms. The molecular weight excluding hydrogens is 416 g/mol. The third-order valence-corrected chi connectivity index (χ3v) is 6.50. The van der Waals surface area contributed by atoms with Crippen LogP contribution in [-0.2, 0) is 19.3 Å². The van der Waals surface area contributed by atoms with Crippen molar-refractivity contribution in [2.45, 2.75) is 23.6 Å². The fourth-order valence-corrected chi connectivity index (χ4v) is 4.67. The number of amides is 1. The van der Waals surface area contributed by atoms with E-state index in [-0.39, 0.29) is 12.5 Å². The van der Waals surface area contributed by atoms with Crippen LogP contribution in [0.1, 0.15) is 27.0 Å². The minimum atomic E-state index is -0.297. The van der Waals surface area contributed by atoms with E-state index in [1.807, 2.05) is 31.2 Å². The van der Waals surface area contributed by atoms with Crippen molar-refractivity contribution < 1.29 is 9.21 Å². The molecule has 0 bridgehead atoms. The predicted octanol–water partition coefficient (Wildman–Crippen LogP) is 3.61. The maximum Gasteiger partial charge on any atom is 0.287 e. The van der Waals surface area contributed by atoms with Crippen LogP contribution in [-0.4, -0.2) is 30.9 Å². The van der Waals surface area contributed by atoms with Crippen LogP contribution in [0.15, 0.2) is 33.0 Å². The van der Waals surface area contributed by atoms with E-state index in [0.29, 0.717) is 27.7 Å². The van der Waals surface area contributed by atoms with Crippen LogP contribution in [0.3, 0.4) is 0 Å². The molecule has 3 aromatic heterocycles. The summed E-state index contributed by atoms with van der Waals surface area (Å²) in [6, 6.07) is 7.62. The fourth-order valence-electron chi connectivity index (χ4n) is 2.67. The minimum absolute atomic E-state index is 0.238. The van der Waals surface area contributed by atoms with Gasteiger partial charge in [0, 0.05) is 23.8 Å². The molecule has 0 atom stereocenters. The van der Waals surface area contributed by atoms with E-state index in [9.17, 15) is 4.79 Å². The smallest absolute Gasteiger partial charge is 0.287 e. The molecule has 0 saturated carbocycles. The van der Waals surface area contributed by atoms with Crippen molar-refractivity contribution in [1.29, 1.82) is 0 Å². The number of benzene rings is 1. The van der Waals surface area contributed by atoms with E-state index in [2.05, 4.69) is 25.7 Å². The van der Waals surface area contributed by atoms with E-state index in [1.165, 1.54) is 23.1 Å². The molecule has 8 nitrogen and oxygen atoms in total. The van der Waals surface area contributed by atoms with Gasteiger partial charge in [-0.25, -0.2) is 0 Å². The van der Waals surface area contributed by atoms with Gasteiger partial charge in [0.15, 0.2) is 20.7 Å². The van der Waals surface area contributed by atoms with Gasteiger partial charge in [-0.05, 0) is 25.2 Å². The predicted molar refractivity (Wildman–Crippen MR) is 110 cm³/mol. The Kier molecular flexibility index (Phi) is 5.29. The third-order valence-electron chi connectivity index (χ3n) is 4.13. The normalized spacial score (nSPS) is 11.2. The van der Waals surface area contributed by atoms with Crippen LogP contribution in [0.25, 0.3) is 11.0 Å². The van der Waals surface area contributed by atoms with Crippen LogP contribution in [0.5, 0.6) is 0 Å². The highest BCUT2D eigenvalue weighted by Crippen LogP contribution is 2.33. The van der Waals surface area contributed by atoms with Gasteiger partial charge < -0.3 is 14.3 Å². The number of aryl methyl sites for hydroxylation is 1. The molecule has 0 aliphatic carbocycles. The summed E-state index contributed by atoms with van der Waals surface area (Å²) in [4.78, 5) is 12.8. The molecule has 4 aromatic rings. The molecule has 28 heavy (non-hydrogen) atoms. The zero-order valence-corrected chi connectivity index (χ0v) is 17.5. The summed E-state index contributed by atoms with van der Waals surface area (Å²) in [5, 5.41) is 19.7. The zero-order valence-electron chi connectivity index (χ0n) is 15.1. The summed E-state index contributed by atoms with van der Waals surface area (Å²) in [5.41, 5.74) is 1.51. The number of carbonyl (C=O) groups excluding carboxylic acids is 1. The minimum Gasteiger partial charge on any atom is -0.451 e. The molecule has 1 amide bonds. The van der Waals surface area contributed by atoms with Gasteiger partial charge in [0.25, 0.3) is 5.91 Å². The molecule has 0 radical (unpaired) electrons. The van der Waals surface area contributed by atoms with E-state index in [4.69, 9.17) is 16.6 Å². The average Bonchev–Trinajstić information content (AvgIpc) is 3.37. The first kappa shape index (κ1) is 18.8. The highest BCUT2D eigenvalue weighted by atomic mass is 32.2. The number of fused-ring (bicyclic) bond motifs is 1. The standard InChI is InChI=1S/C17H16N6O2S3/c1-9-19-22-17(28-9)27-8-11-10-5-3-4-6-12(10)25-14(11)15(24)18-7-13-20-21-16(26)23(13)2/h3-6H,7-8H2,1-2H3,(H,18,24)(H,21,26). The Morgan fingerprint density at radius 2 is 2.21 bits per heavy atom. The summed E-state index contributed by atoms with van der Waals surface area (Å²) in [7, 11) is 1.79. The Morgan fingerprint density at radius 3 is 2.93 bits per heavy atom. The number of rotatable bonds is 6. The number of thioether (sulfide) groups is 1. The molecule has 0 fully saturated rings. The van der Waals surface area contributed by atoms with E-state index in [1.54, 1.807) is 11.6 Å². The Labute approximate surface area is 173 Å². The van der Waals surface area contributed by atoms with Gasteiger partial charge in [-0.1, -0.05) is 41.3 Å². The number of nitrogens with one attached hydrogen (secondary N) is 2. The number of carbonyl (C=O) groups is 1. The number of aromatic nitrogens is 5. The second kappa shape index (κ2) is 7.86. The zero-order chi connectivity index (χ0) is 19.7. The second-order valence-electron chi connectivity index (χ2n) is 5.97. The lowest BCUT2D eigenvalue weighted by Crippen LogP contribution is -2.24. The van der Waals surface area contributed by atoms with Crippen molar-refractivity contribution in [3.05, 3.63) is 51.2 Å². The topological polar surface area (TPSA) is 102 Å². The quantitative estimate of drug-likeness (QED) is 0.354. The van der Waals surface area contributed by atoms with Crippen molar-refractivity contribution >= 4 is 52.2 Å². The number of aromatic amines is 1. The number of furan rings is 1. The Balaban J connectivity index is 1.59. The molecule has 144 valence electrons. The van der Waals surface area contributed by atoms with Gasteiger partial charge in [0.2, 0.25) is 0 Å². The molecule has 0 saturated heterocycles. The lowest BCUT2D eigenvalue weighted by molar-refractivity contribution is 0.0923. The van der Waals surface area contributed by atoms with Crippen LogP contribution >= 0.6 is 35.3 Å². The molecule has 3 heterocycles. The molecule has 0 aliphatic rings. The number of hydrogen-bond donors (Lipinski definition) is 2. The van der Waals surface area contributed by atoms with Gasteiger partial charge in [0.05, 0.1) is 6.54 Å². The highest BCUT2D eigenvalue weighted by molar-refractivity contribution is 8.00. The van der Waals surface area contributed by atoms with E-state index >= 15 is 0 Å². The summed E-state index contributed by atoms with van der Waals surface area (Å²) >= 11 is 8.16. The number of para-hydroxylation sites is 1. The summed E-state index contributed by atoms with van der Waals surface area (Å²) < 4.78 is 8.93. The summed E-state index contributed by atoms with van der Waals surface area (Å²) in [6.45, 7) is 2.15. The maximum absolute atomic E-state index is 12.8. The first-order valence-corrected chi connectivity index (χ1v) is 10.6. The number of H-pyrrole nitrogens is 1. The lowest BCUT2D eigenvalue weighted by Gasteiger charge is -2.05. The monoisotopic (exact) mass is 432 g/mol. The van der Waals surface area contributed by atoms with Crippen LogP contribution < -0.4 is 5.32 Å². The third kappa shape index (κ3) is 3.73. The number of hydrogen-bond acceptors (Lipinski definition) is 8. The Bertz CT molecular complexity index is 1210. The SMILES string of the molecule is Cc1nnc(SCc2c(C(=O)NCc3n[nH]c(=S)n3C)oc3ccccc23)s1. The van der Waals surface area contributed by atoms with Crippen molar-refractivity contribution in [3.8, 4) is 0 Å². The first-order valence-electron chi connectivity index (χ1n) is 8.34. The van der Waals surface area contributed by atoms with E-state index < -0.39 is 0 Å². The van der Waals surface area contributed by atoms with Crippen molar-refractivity contribution in [2.75, 3.05) is 0 Å². The molecule has 2 N–H and O–H groups in total. The van der Waals surface area contributed by atoms with Gasteiger partial charge in [-0.2, -0.15) is 5.10 Å². The van der Waals surface area contributed by atoms with E-state index in [0.717, 1.165) is 20.3 Å². The largest absolute Gasteiger partial charge is 0.451 e. The Hall–Kier alpha value is -2.50. The van der Waals surface area contributed by atoms with Gasteiger partial charge >= 0.3 is 0 Å². The molecule has 4 rings (SSSR count). The van der Waals surface area contributed by atoms with Gasteiger partial charge in [0.1, 0.15) is 10.6 Å². The molecule has 0 unspecified atom stereocenters. The molecular formula is C17H16N6O2S3. The average molecular weight is 433 g/mol. The van der Waals surface area contributed by atoms with Crippen LogP contribution in [0.4, 0.5) is 0 Å². The lowest BCUT2D eigenvalue weighted by atomic mass is 10.1. The maximum atomic E-state index is 12.8. The molecule has 0 spiro atoms. The summed E-state index contributed by atoms with van der Waals surface area (Å²) in [6.07, 6.45) is 0. The van der Waals surface area contributed by atoms with Gasteiger partial charge in [-0.3, -0.25) is 9.89 Å². The highest BCUT2D eigenvalue weighted by Gasteiger charge is 2.21. The van der Waals surface area contributed by atoms with Crippen LogP contribution in [0.2, 0.25) is 0 Å². The van der Waals surface area contributed by atoms with Crippen molar-refractivity contribution in [1.82, 2.24) is 30.3 Å². The number of nitrogens with zero attached hydrogens (tertiary/aromatic N) is 4. The second-order valence-corrected chi connectivity index (χ2v) is 8.76. The van der Waals surface area contributed by atoms with Crippen molar-refractivity contribution in [3.63, 3.8) is 0 Å². The first-order chi connectivity index (χ1) is 13.5. The fraction of sp³-hybridized carbons (Fsp3) is 0.235. The Morgan fingerprint density at radius 1 is 1.39 bits per heavy atom. The molecule has 1 aromatic carbocycles. The summed E-state index contributed by atoms with van der Waals surface area (Å²) in [5.74, 6) is 1.19. The molecule has 0 aliphatic heterocycles. The van der Waals surface area contributed by atoms with Crippen molar-refractivity contribution in [2.24, 2.45) is 7.05 Å². The van der Waals surface area contributed by atoms with Gasteiger partial charge in [-0.15, -0.1) is 10.2 Å². The van der Waals surface area contributed by atoms with Crippen LogP contribution in [0, 0.1) is 11.7 Å².